The van der Waals surface area contributed by atoms with Crippen LogP contribution in [0.3, 0.4) is 0 Å². The van der Waals surface area contributed by atoms with Gasteiger partial charge in [0.2, 0.25) is 5.88 Å². The predicted molar refractivity (Wildman–Crippen MR) is 65.8 cm³/mol. The SMILES string of the molecule is Cc1ccccc1Oc1nnccc1/C(N)=N/O. The van der Waals surface area contributed by atoms with Crippen LogP contribution in [0.15, 0.2) is 41.7 Å². The average Bonchev–Trinajstić information content (AvgIpc) is 2.41. The summed E-state index contributed by atoms with van der Waals surface area (Å²) in [5, 5.41) is 19.2. The fourth-order valence-corrected chi connectivity index (χ4v) is 1.42. The van der Waals surface area contributed by atoms with Crippen LogP contribution in [0.1, 0.15) is 11.1 Å². The van der Waals surface area contributed by atoms with E-state index in [4.69, 9.17) is 15.7 Å². The molecule has 1 heterocycles. The minimum Gasteiger partial charge on any atom is -0.437 e. The van der Waals surface area contributed by atoms with Gasteiger partial charge in [0, 0.05) is 0 Å². The van der Waals surface area contributed by atoms with Crippen molar-refractivity contribution in [3.63, 3.8) is 0 Å². The molecule has 0 aliphatic carbocycles. The molecule has 2 rings (SSSR count). The molecule has 2 aromatic rings. The Labute approximate surface area is 104 Å². The standard InChI is InChI=1S/C12H12N4O2/c1-8-4-2-3-5-10(8)18-12-9(11(13)16-17)6-7-14-15-12/h2-7,17H,1H3,(H2,13,16). The van der Waals surface area contributed by atoms with E-state index in [-0.39, 0.29) is 11.7 Å². The second kappa shape index (κ2) is 5.13. The Hall–Kier alpha value is -2.63. The second-order valence-corrected chi connectivity index (χ2v) is 3.60. The quantitative estimate of drug-likeness (QED) is 0.371. The van der Waals surface area contributed by atoms with Crippen LogP contribution in [-0.4, -0.2) is 21.2 Å². The minimum absolute atomic E-state index is 0.0755. The molecule has 3 N–H and O–H groups in total. The zero-order chi connectivity index (χ0) is 13.0. The van der Waals surface area contributed by atoms with Gasteiger partial charge in [-0.25, -0.2) is 0 Å². The Morgan fingerprint density at radius 3 is 2.83 bits per heavy atom. The zero-order valence-corrected chi connectivity index (χ0v) is 9.74. The lowest BCUT2D eigenvalue weighted by Crippen LogP contribution is -2.15. The summed E-state index contributed by atoms with van der Waals surface area (Å²) >= 11 is 0. The Kier molecular flexibility index (Phi) is 3.38. The number of rotatable bonds is 3. The fourth-order valence-electron chi connectivity index (χ4n) is 1.42. The molecule has 1 aromatic heterocycles. The Balaban J connectivity index is 2.38. The van der Waals surface area contributed by atoms with E-state index in [0.29, 0.717) is 11.3 Å². The molecular formula is C12H12N4O2. The number of para-hydroxylation sites is 1. The molecule has 0 atom stereocenters. The van der Waals surface area contributed by atoms with Crippen molar-refractivity contribution in [2.75, 3.05) is 0 Å². The first-order valence-corrected chi connectivity index (χ1v) is 5.25. The summed E-state index contributed by atoms with van der Waals surface area (Å²) in [5.41, 5.74) is 6.88. The Bertz CT molecular complexity index is 584. The maximum atomic E-state index is 8.69. The number of oxime groups is 1. The van der Waals surface area contributed by atoms with Crippen molar-refractivity contribution in [3.05, 3.63) is 47.7 Å². The van der Waals surface area contributed by atoms with Crippen molar-refractivity contribution in [1.82, 2.24) is 10.2 Å². The molecule has 92 valence electrons. The van der Waals surface area contributed by atoms with Gasteiger partial charge in [0.25, 0.3) is 0 Å². The molecule has 0 fully saturated rings. The molecule has 0 aliphatic heterocycles. The highest BCUT2D eigenvalue weighted by atomic mass is 16.5. The molecule has 0 unspecified atom stereocenters. The van der Waals surface area contributed by atoms with Gasteiger partial charge in [-0.15, -0.1) is 5.10 Å². The van der Waals surface area contributed by atoms with Gasteiger partial charge in [0.1, 0.15) is 5.75 Å². The van der Waals surface area contributed by atoms with Crippen molar-refractivity contribution in [3.8, 4) is 11.6 Å². The topological polar surface area (TPSA) is 93.6 Å². The summed E-state index contributed by atoms with van der Waals surface area (Å²) in [5.74, 6) is 0.764. The van der Waals surface area contributed by atoms with E-state index in [1.165, 1.54) is 6.20 Å². The van der Waals surface area contributed by atoms with E-state index >= 15 is 0 Å². The highest BCUT2D eigenvalue weighted by Crippen LogP contribution is 2.24. The van der Waals surface area contributed by atoms with Crippen molar-refractivity contribution >= 4 is 5.84 Å². The molecule has 0 bridgehead atoms. The van der Waals surface area contributed by atoms with Crippen LogP contribution in [0.25, 0.3) is 0 Å². The van der Waals surface area contributed by atoms with Gasteiger partial charge in [-0.2, -0.15) is 5.10 Å². The molecule has 18 heavy (non-hydrogen) atoms. The van der Waals surface area contributed by atoms with Gasteiger partial charge in [0.15, 0.2) is 5.84 Å². The van der Waals surface area contributed by atoms with E-state index in [9.17, 15) is 0 Å². The van der Waals surface area contributed by atoms with Crippen LogP contribution in [0.2, 0.25) is 0 Å². The summed E-state index contributed by atoms with van der Waals surface area (Å²) in [6, 6.07) is 9.04. The highest BCUT2D eigenvalue weighted by Gasteiger charge is 2.11. The normalized spacial score (nSPS) is 11.3. The first kappa shape index (κ1) is 11.8. The number of nitrogens with zero attached hydrogens (tertiary/aromatic N) is 3. The molecule has 0 radical (unpaired) electrons. The lowest BCUT2D eigenvalue weighted by Gasteiger charge is -2.09. The van der Waals surface area contributed by atoms with Gasteiger partial charge in [0.05, 0.1) is 11.8 Å². The number of aromatic nitrogens is 2. The van der Waals surface area contributed by atoms with Crippen LogP contribution in [0, 0.1) is 6.92 Å². The third-order valence-electron chi connectivity index (χ3n) is 2.37. The number of amidine groups is 1. The van der Waals surface area contributed by atoms with E-state index in [1.54, 1.807) is 12.1 Å². The smallest absolute Gasteiger partial charge is 0.250 e. The third-order valence-corrected chi connectivity index (χ3v) is 2.37. The number of nitrogens with two attached hydrogens (primary N) is 1. The zero-order valence-electron chi connectivity index (χ0n) is 9.74. The summed E-state index contributed by atoms with van der Waals surface area (Å²) < 4.78 is 5.62. The maximum absolute atomic E-state index is 8.69. The molecule has 0 amide bonds. The van der Waals surface area contributed by atoms with Crippen LogP contribution in [-0.2, 0) is 0 Å². The van der Waals surface area contributed by atoms with Gasteiger partial charge in [-0.3, -0.25) is 0 Å². The van der Waals surface area contributed by atoms with Crippen molar-refractivity contribution in [2.45, 2.75) is 6.92 Å². The first-order chi connectivity index (χ1) is 8.72. The minimum atomic E-state index is -0.0755. The molecule has 0 spiro atoms. The molecular weight excluding hydrogens is 232 g/mol. The van der Waals surface area contributed by atoms with E-state index in [2.05, 4.69) is 15.4 Å². The number of benzene rings is 1. The Morgan fingerprint density at radius 2 is 2.11 bits per heavy atom. The van der Waals surface area contributed by atoms with Gasteiger partial charge in [-0.1, -0.05) is 23.4 Å². The summed E-state index contributed by atoms with van der Waals surface area (Å²) in [6.07, 6.45) is 1.44. The van der Waals surface area contributed by atoms with Crippen LogP contribution < -0.4 is 10.5 Å². The summed E-state index contributed by atoms with van der Waals surface area (Å²) in [6.45, 7) is 1.91. The summed E-state index contributed by atoms with van der Waals surface area (Å²) in [7, 11) is 0. The molecule has 0 saturated carbocycles. The largest absolute Gasteiger partial charge is 0.437 e. The lowest BCUT2D eigenvalue weighted by molar-refractivity contribution is 0.318. The molecule has 0 aliphatic rings. The monoisotopic (exact) mass is 244 g/mol. The molecule has 6 heteroatoms. The molecule has 1 aromatic carbocycles. The summed E-state index contributed by atoms with van der Waals surface area (Å²) in [4.78, 5) is 0. The molecule has 0 saturated heterocycles. The molecule has 6 nitrogen and oxygen atoms in total. The van der Waals surface area contributed by atoms with Crippen LogP contribution in [0.5, 0.6) is 11.6 Å². The van der Waals surface area contributed by atoms with E-state index < -0.39 is 0 Å². The van der Waals surface area contributed by atoms with Crippen LogP contribution >= 0.6 is 0 Å². The van der Waals surface area contributed by atoms with Gasteiger partial charge >= 0.3 is 0 Å². The Morgan fingerprint density at radius 1 is 1.33 bits per heavy atom. The number of hydrogen-bond acceptors (Lipinski definition) is 5. The first-order valence-electron chi connectivity index (χ1n) is 5.25. The van der Waals surface area contributed by atoms with E-state index in [0.717, 1.165) is 5.56 Å². The van der Waals surface area contributed by atoms with Crippen LogP contribution in [0.4, 0.5) is 0 Å². The average molecular weight is 244 g/mol. The third kappa shape index (κ3) is 2.37. The number of ether oxygens (including phenoxy) is 1. The van der Waals surface area contributed by atoms with Crippen molar-refractivity contribution < 1.29 is 9.94 Å². The fraction of sp³-hybridized carbons (Fsp3) is 0.0833. The van der Waals surface area contributed by atoms with Gasteiger partial charge in [-0.05, 0) is 24.6 Å². The van der Waals surface area contributed by atoms with Crippen molar-refractivity contribution in [2.24, 2.45) is 10.9 Å². The number of hydrogen-bond donors (Lipinski definition) is 2. The van der Waals surface area contributed by atoms with Crippen molar-refractivity contribution in [1.29, 1.82) is 0 Å². The second-order valence-electron chi connectivity index (χ2n) is 3.60. The predicted octanol–water partition coefficient (Wildman–Crippen LogP) is 1.67. The number of aryl methyl sites for hydroxylation is 1. The highest BCUT2D eigenvalue weighted by molar-refractivity contribution is 5.98. The van der Waals surface area contributed by atoms with Gasteiger partial charge < -0.3 is 15.7 Å². The van der Waals surface area contributed by atoms with E-state index in [1.807, 2.05) is 25.1 Å². The maximum Gasteiger partial charge on any atom is 0.250 e. The lowest BCUT2D eigenvalue weighted by atomic mass is 10.2.